The van der Waals surface area contributed by atoms with Gasteiger partial charge in [0.25, 0.3) is 0 Å². The summed E-state index contributed by atoms with van der Waals surface area (Å²) in [6.07, 6.45) is 3.96. The predicted molar refractivity (Wildman–Crippen MR) is 111 cm³/mol. The first kappa shape index (κ1) is 19.2. The van der Waals surface area contributed by atoms with E-state index in [0.717, 1.165) is 64.3 Å². The van der Waals surface area contributed by atoms with Gasteiger partial charge in [-0.05, 0) is 44.0 Å². The van der Waals surface area contributed by atoms with Crippen LogP contribution >= 0.6 is 0 Å². The normalized spacial score (nSPS) is 21.1. The minimum atomic E-state index is 0.137. The van der Waals surface area contributed by atoms with Gasteiger partial charge in [-0.1, -0.05) is 17.7 Å². The Labute approximate surface area is 167 Å². The van der Waals surface area contributed by atoms with Crippen LogP contribution in [-0.2, 0) is 18.4 Å². The fourth-order valence-electron chi connectivity index (χ4n) is 4.49. The number of likely N-dealkylation sites (tertiary alicyclic amines) is 1. The van der Waals surface area contributed by atoms with Crippen LogP contribution in [0, 0.1) is 12.8 Å². The van der Waals surface area contributed by atoms with Crippen LogP contribution in [0.5, 0.6) is 0 Å². The van der Waals surface area contributed by atoms with Gasteiger partial charge in [0.15, 0.2) is 0 Å². The Kier molecular flexibility index (Phi) is 5.78. The fourth-order valence-corrected chi connectivity index (χ4v) is 4.49. The van der Waals surface area contributed by atoms with Gasteiger partial charge in [0.1, 0.15) is 0 Å². The van der Waals surface area contributed by atoms with E-state index in [4.69, 9.17) is 0 Å². The zero-order chi connectivity index (χ0) is 19.5. The lowest BCUT2D eigenvalue weighted by atomic mass is 9.94. The third-order valence-electron chi connectivity index (χ3n) is 6.04. The second-order valence-electron chi connectivity index (χ2n) is 8.15. The Balaban J connectivity index is 1.48. The number of carbonyl (C=O) groups excluding carboxylic acids is 1. The molecule has 0 saturated carbocycles. The number of piperazine rings is 1. The summed E-state index contributed by atoms with van der Waals surface area (Å²) in [4.78, 5) is 17.5. The summed E-state index contributed by atoms with van der Waals surface area (Å²) in [6.45, 7) is 8.46. The maximum atomic E-state index is 13.0. The summed E-state index contributed by atoms with van der Waals surface area (Å²) < 4.78 is 1.94. The molecule has 1 N–H and O–H groups in total. The molecule has 2 aliphatic rings. The molecule has 0 spiro atoms. The summed E-state index contributed by atoms with van der Waals surface area (Å²) in [5.74, 6) is 0.486. The molecule has 3 heterocycles. The first-order valence-electron chi connectivity index (χ1n) is 10.4. The Morgan fingerprint density at radius 1 is 1.21 bits per heavy atom. The summed E-state index contributed by atoms with van der Waals surface area (Å²) in [5.41, 5.74) is 4.95. The topological polar surface area (TPSA) is 53.4 Å². The van der Waals surface area contributed by atoms with Crippen LogP contribution in [0.4, 0.5) is 0 Å². The molecule has 2 fully saturated rings. The number of carbonyl (C=O) groups is 1. The van der Waals surface area contributed by atoms with Crippen LogP contribution in [-0.4, -0.2) is 64.8 Å². The third kappa shape index (κ3) is 4.13. The molecule has 1 unspecified atom stereocenters. The number of rotatable bonds is 4. The minimum absolute atomic E-state index is 0.137. The number of amides is 1. The Bertz CT molecular complexity index is 824. The van der Waals surface area contributed by atoms with Crippen molar-refractivity contribution < 1.29 is 4.79 Å². The van der Waals surface area contributed by atoms with Gasteiger partial charge < -0.3 is 10.2 Å². The lowest BCUT2D eigenvalue weighted by molar-refractivity contribution is -0.138. The van der Waals surface area contributed by atoms with Crippen molar-refractivity contribution in [3.8, 4) is 11.3 Å². The number of hydrogen-bond acceptors (Lipinski definition) is 4. The summed E-state index contributed by atoms with van der Waals surface area (Å²) in [7, 11) is 1.99. The largest absolute Gasteiger partial charge is 0.340 e. The monoisotopic (exact) mass is 381 g/mol. The number of aryl methyl sites for hydroxylation is 2. The zero-order valence-corrected chi connectivity index (χ0v) is 17.0. The molecule has 4 rings (SSSR count). The van der Waals surface area contributed by atoms with E-state index < -0.39 is 0 Å². The lowest BCUT2D eigenvalue weighted by Gasteiger charge is -2.36. The van der Waals surface area contributed by atoms with Gasteiger partial charge in [0, 0.05) is 58.1 Å². The van der Waals surface area contributed by atoms with Crippen molar-refractivity contribution in [2.45, 2.75) is 26.3 Å². The second-order valence-corrected chi connectivity index (χ2v) is 8.15. The first-order valence-corrected chi connectivity index (χ1v) is 10.4. The van der Waals surface area contributed by atoms with Crippen molar-refractivity contribution in [1.82, 2.24) is 24.9 Å². The van der Waals surface area contributed by atoms with Gasteiger partial charge in [-0.3, -0.25) is 14.4 Å². The van der Waals surface area contributed by atoms with Crippen molar-refractivity contribution in [1.29, 1.82) is 0 Å². The van der Waals surface area contributed by atoms with E-state index in [-0.39, 0.29) is 5.92 Å². The highest BCUT2D eigenvalue weighted by atomic mass is 16.2. The van der Waals surface area contributed by atoms with E-state index in [1.165, 1.54) is 16.7 Å². The highest BCUT2D eigenvalue weighted by molar-refractivity contribution is 5.79. The van der Waals surface area contributed by atoms with Gasteiger partial charge in [-0.2, -0.15) is 5.10 Å². The Morgan fingerprint density at radius 3 is 2.79 bits per heavy atom. The molecule has 0 radical (unpaired) electrons. The van der Waals surface area contributed by atoms with Crippen LogP contribution in [0.3, 0.4) is 0 Å². The summed E-state index contributed by atoms with van der Waals surface area (Å²) >= 11 is 0. The van der Waals surface area contributed by atoms with Crippen molar-refractivity contribution in [2.24, 2.45) is 13.0 Å². The third-order valence-corrected chi connectivity index (χ3v) is 6.04. The van der Waals surface area contributed by atoms with Crippen LogP contribution in [0.15, 0.2) is 30.5 Å². The molecule has 2 saturated heterocycles. The number of hydrogen-bond donors (Lipinski definition) is 1. The number of piperidine rings is 1. The maximum Gasteiger partial charge on any atom is 0.227 e. The summed E-state index contributed by atoms with van der Waals surface area (Å²) in [5, 5.41) is 7.68. The molecule has 0 bridgehead atoms. The van der Waals surface area contributed by atoms with Crippen molar-refractivity contribution >= 4 is 5.91 Å². The predicted octanol–water partition coefficient (Wildman–Crippen LogP) is 2.04. The average Bonchev–Trinajstić information content (AvgIpc) is 3.15. The molecule has 150 valence electrons. The van der Waals surface area contributed by atoms with E-state index in [9.17, 15) is 4.79 Å². The molecule has 1 amide bonds. The smallest absolute Gasteiger partial charge is 0.227 e. The van der Waals surface area contributed by atoms with E-state index in [1.54, 1.807) is 0 Å². The molecular formula is C22H31N5O. The van der Waals surface area contributed by atoms with E-state index in [0.29, 0.717) is 5.91 Å². The molecule has 2 aliphatic heterocycles. The molecule has 28 heavy (non-hydrogen) atoms. The minimum Gasteiger partial charge on any atom is -0.340 e. The summed E-state index contributed by atoms with van der Waals surface area (Å²) in [6, 6.07) is 8.74. The molecule has 1 aromatic carbocycles. The van der Waals surface area contributed by atoms with Crippen molar-refractivity contribution in [3.63, 3.8) is 0 Å². The molecule has 1 aromatic heterocycles. The average molecular weight is 382 g/mol. The first-order chi connectivity index (χ1) is 13.6. The zero-order valence-electron chi connectivity index (χ0n) is 17.0. The van der Waals surface area contributed by atoms with E-state index in [1.807, 2.05) is 17.9 Å². The quantitative estimate of drug-likeness (QED) is 0.881. The molecular weight excluding hydrogens is 350 g/mol. The second kappa shape index (κ2) is 8.45. The highest BCUT2D eigenvalue weighted by Gasteiger charge is 2.30. The van der Waals surface area contributed by atoms with Crippen LogP contribution < -0.4 is 5.32 Å². The van der Waals surface area contributed by atoms with E-state index >= 15 is 0 Å². The molecule has 2 aromatic rings. The van der Waals surface area contributed by atoms with Crippen LogP contribution in [0.2, 0.25) is 0 Å². The van der Waals surface area contributed by atoms with Gasteiger partial charge in [-0.25, -0.2) is 0 Å². The number of nitrogens with one attached hydrogen (secondary N) is 1. The van der Waals surface area contributed by atoms with E-state index in [2.05, 4.69) is 51.4 Å². The van der Waals surface area contributed by atoms with Gasteiger partial charge in [0.2, 0.25) is 5.91 Å². The standard InChI is InChI=1S/C22H31N5O/c1-17-5-6-18(20(14-17)21-7-8-24-25(21)2)15-26-11-3-4-19(16-26)22(28)27-12-9-23-10-13-27/h5-8,14,19,23H,3-4,9-13,15-16H2,1-2H3. The number of nitrogens with zero attached hydrogens (tertiary/aromatic N) is 4. The number of benzene rings is 1. The van der Waals surface area contributed by atoms with Crippen LogP contribution in [0.1, 0.15) is 24.0 Å². The SMILES string of the molecule is Cc1ccc(CN2CCCC(C(=O)N3CCNCC3)C2)c(-c2ccnn2C)c1. The highest BCUT2D eigenvalue weighted by Crippen LogP contribution is 2.28. The van der Waals surface area contributed by atoms with Crippen molar-refractivity contribution in [2.75, 3.05) is 39.3 Å². The van der Waals surface area contributed by atoms with Crippen molar-refractivity contribution in [3.05, 3.63) is 41.6 Å². The Hall–Kier alpha value is -2.18. The fraction of sp³-hybridized carbons (Fsp3) is 0.545. The lowest BCUT2D eigenvalue weighted by Crippen LogP contribution is -2.51. The Morgan fingerprint density at radius 2 is 2.04 bits per heavy atom. The molecule has 0 aliphatic carbocycles. The van der Waals surface area contributed by atoms with Gasteiger partial charge in [-0.15, -0.1) is 0 Å². The molecule has 6 heteroatoms. The van der Waals surface area contributed by atoms with Gasteiger partial charge in [0.05, 0.1) is 11.6 Å². The number of aromatic nitrogens is 2. The molecule has 1 atom stereocenters. The molecule has 6 nitrogen and oxygen atoms in total. The van der Waals surface area contributed by atoms with Crippen LogP contribution in [0.25, 0.3) is 11.3 Å². The maximum absolute atomic E-state index is 13.0. The van der Waals surface area contributed by atoms with Gasteiger partial charge >= 0.3 is 0 Å².